The minimum atomic E-state index is -3.76. The van der Waals surface area contributed by atoms with Gasteiger partial charge in [0.05, 0.1) is 16.5 Å². The second-order valence-electron chi connectivity index (χ2n) is 9.67. The Hall–Kier alpha value is -2.59. The summed E-state index contributed by atoms with van der Waals surface area (Å²) in [5, 5.41) is 7.48. The van der Waals surface area contributed by atoms with Crippen molar-refractivity contribution >= 4 is 39.2 Å². The Balaban J connectivity index is 1.55. The van der Waals surface area contributed by atoms with Gasteiger partial charge in [-0.25, -0.2) is 9.69 Å². The number of amides is 1. The fourth-order valence-corrected chi connectivity index (χ4v) is 6.15. The molecule has 4 rings (SSSR count). The highest BCUT2D eigenvalue weighted by Gasteiger charge is 2.25. The molecule has 1 aliphatic rings. The molecule has 2 heterocycles. The zero-order chi connectivity index (χ0) is 27.3. The summed E-state index contributed by atoms with van der Waals surface area (Å²) in [5.74, 6) is -0.181. The van der Waals surface area contributed by atoms with E-state index in [4.69, 9.17) is 27.4 Å². The second-order valence-corrected chi connectivity index (χ2v) is 12.2. The van der Waals surface area contributed by atoms with Crippen LogP contribution in [0, 0.1) is 12.8 Å². The number of benzene rings is 2. The van der Waals surface area contributed by atoms with Crippen LogP contribution in [0.25, 0.3) is 5.69 Å². The van der Waals surface area contributed by atoms with Crippen LogP contribution in [-0.4, -0.2) is 48.0 Å². The smallest absolute Gasteiger partial charge is 0.309 e. The number of rotatable bonds is 10. The Morgan fingerprint density at radius 2 is 1.82 bits per heavy atom. The number of nitrogens with zero attached hydrogens (tertiary/aromatic N) is 3. The van der Waals surface area contributed by atoms with E-state index in [9.17, 15) is 13.2 Å². The van der Waals surface area contributed by atoms with Crippen molar-refractivity contribution in [2.24, 2.45) is 5.92 Å². The molecule has 1 fully saturated rings. The summed E-state index contributed by atoms with van der Waals surface area (Å²) < 4.78 is 32.0. The minimum Gasteiger partial charge on any atom is -0.382 e. The average molecular weight is 580 g/mol. The number of halogens is 2. The molecule has 0 spiro atoms. The van der Waals surface area contributed by atoms with Crippen LogP contribution in [0.2, 0.25) is 10.0 Å². The van der Waals surface area contributed by atoms with Crippen molar-refractivity contribution in [2.45, 2.75) is 46.0 Å². The molecule has 0 aliphatic carbocycles. The Kier molecular flexibility index (Phi) is 9.36. The number of piperidine rings is 1. The van der Waals surface area contributed by atoms with E-state index in [1.165, 1.54) is 0 Å². The van der Waals surface area contributed by atoms with Gasteiger partial charge in [-0.1, -0.05) is 54.7 Å². The van der Waals surface area contributed by atoms with Crippen molar-refractivity contribution in [3.63, 3.8) is 0 Å². The molecule has 1 aliphatic heterocycles. The first-order valence-corrected chi connectivity index (χ1v) is 15.0. The van der Waals surface area contributed by atoms with Crippen LogP contribution in [0.4, 0.5) is 0 Å². The minimum absolute atomic E-state index is 0.0534. The third-order valence-electron chi connectivity index (χ3n) is 6.58. The monoisotopic (exact) mass is 578 g/mol. The predicted molar refractivity (Wildman–Crippen MR) is 150 cm³/mol. The van der Waals surface area contributed by atoms with Gasteiger partial charge < -0.3 is 4.18 Å². The van der Waals surface area contributed by atoms with Crippen LogP contribution < -0.4 is 9.61 Å². The molecular formula is C27H32Cl2N4O4S. The lowest BCUT2D eigenvalue weighted by Crippen LogP contribution is -2.45. The maximum atomic E-state index is 13.2. The molecule has 3 aromatic rings. The van der Waals surface area contributed by atoms with E-state index in [0.29, 0.717) is 34.3 Å². The molecule has 11 heteroatoms. The van der Waals surface area contributed by atoms with Crippen molar-refractivity contribution in [2.75, 3.05) is 18.8 Å². The Labute approximate surface area is 234 Å². The third kappa shape index (κ3) is 7.28. The van der Waals surface area contributed by atoms with Crippen molar-refractivity contribution in [3.8, 4) is 11.4 Å². The topological polar surface area (TPSA) is 93.5 Å². The second kappa shape index (κ2) is 12.5. The average Bonchev–Trinajstić information content (AvgIpc) is 3.19. The molecular weight excluding hydrogens is 547 g/mol. The summed E-state index contributed by atoms with van der Waals surface area (Å²) in [6.07, 6.45) is 4.07. The third-order valence-corrected chi connectivity index (χ3v) is 8.30. The first-order valence-electron chi connectivity index (χ1n) is 12.7. The number of hydrogen-bond donors (Lipinski definition) is 1. The van der Waals surface area contributed by atoms with Gasteiger partial charge in [-0.05, 0) is 68.9 Å². The fraction of sp³-hybridized carbons (Fsp3) is 0.407. The van der Waals surface area contributed by atoms with Crippen molar-refractivity contribution in [1.29, 1.82) is 0 Å². The van der Waals surface area contributed by atoms with E-state index in [-0.39, 0.29) is 23.3 Å². The van der Waals surface area contributed by atoms with E-state index in [0.717, 1.165) is 43.6 Å². The lowest BCUT2D eigenvalue weighted by molar-refractivity contribution is 0.0743. The van der Waals surface area contributed by atoms with Crippen molar-refractivity contribution in [3.05, 3.63) is 75.5 Å². The molecule has 0 saturated carbocycles. The molecule has 0 radical (unpaired) electrons. The number of nitrogens with one attached hydrogen (secondary N) is 1. The number of aromatic nitrogens is 2. The molecule has 1 N–H and O–H groups in total. The number of hydrazine groups is 1. The van der Waals surface area contributed by atoms with Gasteiger partial charge in [0.15, 0.2) is 5.69 Å². The quantitative estimate of drug-likeness (QED) is 0.315. The summed E-state index contributed by atoms with van der Waals surface area (Å²) in [6, 6.07) is 13.6. The molecule has 2 aromatic carbocycles. The van der Waals surface area contributed by atoms with Gasteiger partial charge in [0.1, 0.15) is 5.75 Å². The highest BCUT2D eigenvalue weighted by Crippen LogP contribution is 2.29. The van der Waals surface area contributed by atoms with Gasteiger partial charge in [-0.3, -0.25) is 10.2 Å². The maximum Gasteiger partial charge on any atom is 0.309 e. The summed E-state index contributed by atoms with van der Waals surface area (Å²) in [4.78, 5) is 13.2. The van der Waals surface area contributed by atoms with Crippen LogP contribution in [0.5, 0.6) is 5.75 Å². The van der Waals surface area contributed by atoms with Gasteiger partial charge >= 0.3 is 10.1 Å². The first kappa shape index (κ1) is 28.4. The molecule has 1 aromatic heterocycles. The molecule has 8 nitrogen and oxygen atoms in total. The summed E-state index contributed by atoms with van der Waals surface area (Å²) in [7, 11) is -3.76. The number of hydrogen-bond acceptors (Lipinski definition) is 6. The molecule has 38 heavy (non-hydrogen) atoms. The SMILES string of the molecule is Cc1c(C(=O)NN2CCCCC2)nn(-c2ccc(Cl)cc2Cl)c1CC(C)CCS(=O)(=O)Oc1ccccc1. The largest absolute Gasteiger partial charge is 0.382 e. The summed E-state index contributed by atoms with van der Waals surface area (Å²) in [5.41, 5.74) is 5.39. The zero-order valence-corrected chi connectivity index (χ0v) is 23.8. The van der Waals surface area contributed by atoms with Gasteiger partial charge in [0.2, 0.25) is 0 Å². The molecule has 1 saturated heterocycles. The van der Waals surface area contributed by atoms with E-state index >= 15 is 0 Å². The highest BCUT2D eigenvalue weighted by molar-refractivity contribution is 7.87. The Bertz CT molecular complexity index is 1370. The zero-order valence-electron chi connectivity index (χ0n) is 21.5. The predicted octanol–water partition coefficient (Wildman–Crippen LogP) is 5.60. The van der Waals surface area contributed by atoms with Crippen LogP contribution in [0.1, 0.15) is 54.4 Å². The van der Waals surface area contributed by atoms with E-state index in [2.05, 4.69) is 10.5 Å². The molecule has 0 bridgehead atoms. The summed E-state index contributed by atoms with van der Waals surface area (Å²) >= 11 is 12.6. The van der Waals surface area contributed by atoms with E-state index in [1.54, 1.807) is 53.2 Å². The van der Waals surface area contributed by atoms with Crippen LogP contribution >= 0.6 is 23.2 Å². The van der Waals surface area contributed by atoms with Gasteiger partial charge in [0, 0.05) is 29.4 Å². The molecule has 1 unspecified atom stereocenters. The Morgan fingerprint density at radius 1 is 1.11 bits per heavy atom. The first-order chi connectivity index (χ1) is 18.1. The van der Waals surface area contributed by atoms with Crippen LogP contribution in [0.15, 0.2) is 48.5 Å². The highest BCUT2D eigenvalue weighted by atomic mass is 35.5. The number of para-hydroxylation sites is 1. The van der Waals surface area contributed by atoms with Crippen molar-refractivity contribution in [1.82, 2.24) is 20.2 Å². The number of carbonyl (C=O) groups excluding carboxylic acids is 1. The maximum absolute atomic E-state index is 13.2. The lowest BCUT2D eigenvalue weighted by Gasteiger charge is -2.26. The van der Waals surface area contributed by atoms with Crippen LogP contribution in [0.3, 0.4) is 0 Å². The van der Waals surface area contributed by atoms with Gasteiger partial charge in [-0.15, -0.1) is 0 Å². The van der Waals surface area contributed by atoms with Gasteiger partial charge in [0.25, 0.3) is 5.91 Å². The van der Waals surface area contributed by atoms with Gasteiger partial charge in [-0.2, -0.15) is 13.5 Å². The molecule has 1 atom stereocenters. The molecule has 1 amide bonds. The van der Waals surface area contributed by atoms with E-state index < -0.39 is 10.1 Å². The fourth-order valence-electron chi connectivity index (χ4n) is 4.48. The van der Waals surface area contributed by atoms with E-state index in [1.807, 2.05) is 18.9 Å². The lowest BCUT2D eigenvalue weighted by atomic mass is 9.99. The summed E-state index contributed by atoms with van der Waals surface area (Å²) in [6.45, 7) is 5.43. The molecule has 204 valence electrons. The van der Waals surface area contributed by atoms with Crippen LogP contribution in [-0.2, 0) is 16.5 Å². The number of carbonyl (C=O) groups is 1. The standard InChI is InChI=1S/C27H32Cl2N4O4S/c1-19(13-16-38(35,36)37-22-9-5-3-6-10-22)17-25-20(2)26(27(34)31-32-14-7-4-8-15-32)30-33(25)24-12-11-21(28)18-23(24)29/h3,5-6,9-12,18-19H,4,7-8,13-17H2,1-2H3,(H,31,34). The normalized spacial score (nSPS) is 15.3. The van der Waals surface area contributed by atoms with Crippen molar-refractivity contribution < 1.29 is 17.4 Å². The Morgan fingerprint density at radius 3 is 2.50 bits per heavy atom.